The Kier molecular flexibility index (Phi) is 6.61. The van der Waals surface area contributed by atoms with Gasteiger partial charge >= 0.3 is 0 Å². The van der Waals surface area contributed by atoms with Crippen molar-refractivity contribution in [1.82, 2.24) is 19.7 Å². The van der Waals surface area contributed by atoms with Crippen LogP contribution in [0.15, 0.2) is 76.5 Å². The average molecular weight is 449 g/mol. The van der Waals surface area contributed by atoms with Crippen LogP contribution in [0.5, 0.6) is 5.75 Å². The predicted octanol–water partition coefficient (Wildman–Crippen LogP) is 4.60. The van der Waals surface area contributed by atoms with Gasteiger partial charge in [0.1, 0.15) is 11.5 Å². The largest absolute Gasteiger partial charge is 0.497 e. The van der Waals surface area contributed by atoms with E-state index in [0.29, 0.717) is 11.7 Å². The van der Waals surface area contributed by atoms with Crippen molar-refractivity contribution in [3.8, 4) is 22.8 Å². The van der Waals surface area contributed by atoms with Crippen molar-refractivity contribution in [3.05, 3.63) is 78.3 Å². The summed E-state index contributed by atoms with van der Waals surface area (Å²) in [7, 11) is 3.40. The number of carbonyl (C=O) groups is 1. The van der Waals surface area contributed by atoms with Crippen molar-refractivity contribution >= 4 is 17.7 Å². The Morgan fingerprint density at radius 1 is 1.12 bits per heavy atom. The van der Waals surface area contributed by atoms with Crippen LogP contribution in [0.2, 0.25) is 0 Å². The molecule has 0 aliphatic heterocycles. The SMILES string of the molecule is COc1ccc(-n2c(SCC(=O)N(C)Cc3ccco3)nnc2-c2cccc(C)c2)cc1. The monoisotopic (exact) mass is 448 g/mol. The molecule has 0 aliphatic carbocycles. The summed E-state index contributed by atoms with van der Waals surface area (Å²) in [6.07, 6.45) is 1.60. The van der Waals surface area contributed by atoms with Crippen molar-refractivity contribution in [1.29, 1.82) is 0 Å². The number of methoxy groups -OCH3 is 1. The van der Waals surface area contributed by atoms with Crippen LogP contribution in [0.4, 0.5) is 0 Å². The van der Waals surface area contributed by atoms with E-state index in [1.54, 1.807) is 25.3 Å². The van der Waals surface area contributed by atoms with E-state index >= 15 is 0 Å². The molecule has 4 aromatic rings. The molecule has 0 unspecified atom stereocenters. The number of benzene rings is 2. The van der Waals surface area contributed by atoms with Crippen molar-refractivity contribution in [2.75, 3.05) is 19.9 Å². The van der Waals surface area contributed by atoms with Gasteiger partial charge in [0.15, 0.2) is 11.0 Å². The molecule has 2 aromatic heterocycles. The molecule has 0 N–H and O–H groups in total. The summed E-state index contributed by atoms with van der Waals surface area (Å²) in [6, 6.07) is 19.5. The first-order chi connectivity index (χ1) is 15.5. The Balaban J connectivity index is 1.60. The van der Waals surface area contributed by atoms with E-state index in [4.69, 9.17) is 9.15 Å². The fraction of sp³-hybridized carbons (Fsp3) is 0.208. The molecule has 7 nitrogen and oxygen atoms in total. The number of amides is 1. The van der Waals surface area contributed by atoms with Gasteiger partial charge in [-0.3, -0.25) is 9.36 Å². The first kappa shape index (κ1) is 21.7. The highest BCUT2D eigenvalue weighted by Gasteiger charge is 2.19. The molecule has 0 saturated heterocycles. The number of ether oxygens (including phenoxy) is 1. The summed E-state index contributed by atoms with van der Waals surface area (Å²) in [5.41, 5.74) is 2.99. The first-order valence-electron chi connectivity index (χ1n) is 10.1. The summed E-state index contributed by atoms with van der Waals surface area (Å²) >= 11 is 1.36. The lowest BCUT2D eigenvalue weighted by Gasteiger charge is -2.16. The molecule has 8 heteroatoms. The maximum atomic E-state index is 12.7. The van der Waals surface area contributed by atoms with E-state index in [2.05, 4.69) is 16.3 Å². The maximum Gasteiger partial charge on any atom is 0.233 e. The minimum absolute atomic E-state index is 0.0206. The maximum absolute atomic E-state index is 12.7. The van der Waals surface area contributed by atoms with E-state index < -0.39 is 0 Å². The quantitative estimate of drug-likeness (QED) is 0.367. The van der Waals surface area contributed by atoms with E-state index in [9.17, 15) is 4.79 Å². The van der Waals surface area contributed by atoms with Gasteiger partial charge in [0, 0.05) is 18.3 Å². The number of carbonyl (C=O) groups excluding carboxylic acids is 1. The Labute approximate surface area is 191 Å². The molecule has 2 aromatic carbocycles. The molecular weight excluding hydrogens is 424 g/mol. The zero-order chi connectivity index (χ0) is 22.5. The van der Waals surface area contributed by atoms with E-state index in [1.165, 1.54) is 11.8 Å². The highest BCUT2D eigenvalue weighted by molar-refractivity contribution is 7.99. The van der Waals surface area contributed by atoms with Crippen LogP contribution < -0.4 is 4.74 Å². The van der Waals surface area contributed by atoms with Crippen LogP contribution >= 0.6 is 11.8 Å². The third kappa shape index (κ3) is 4.86. The van der Waals surface area contributed by atoms with E-state index in [0.717, 1.165) is 34.1 Å². The number of nitrogens with zero attached hydrogens (tertiary/aromatic N) is 4. The molecule has 0 fully saturated rings. The van der Waals surface area contributed by atoms with Gasteiger partial charge in [-0.15, -0.1) is 10.2 Å². The number of thioether (sulfide) groups is 1. The molecule has 0 aliphatic rings. The highest BCUT2D eigenvalue weighted by atomic mass is 32.2. The smallest absolute Gasteiger partial charge is 0.233 e. The van der Waals surface area contributed by atoms with Crippen LogP contribution in [-0.4, -0.2) is 45.5 Å². The second-order valence-corrected chi connectivity index (χ2v) is 8.27. The third-order valence-electron chi connectivity index (χ3n) is 4.96. The van der Waals surface area contributed by atoms with Crippen molar-refractivity contribution in [2.45, 2.75) is 18.6 Å². The summed E-state index contributed by atoms with van der Waals surface area (Å²) in [6.45, 7) is 2.47. The van der Waals surface area contributed by atoms with Crippen LogP contribution in [-0.2, 0) is 11.3 Å². The van der Waals surface area contributed by atoms with Gasteiger partial charge in [0.25, 0.3) is 0 Å². The van der Waals surface area contributed by atoms with Crippen LogP contribution in [0.3, 0.4) is 0 Å². The van der Waals surface area contributed by atoms with Crippen LogP contribution in [0, 0.1) is 6.92 Å². The lowest BCUT2D eigenvalue weighted by atomic mass is 10.1. The van der Waals surface area contributed by atoms with Crippen molar-refractivity contribution in [3.63, 3.8) is 0 Å². The number of aromatic nitrogens is 3. The zero-order valence-electron chi connectivity index (χ0n) is 18.2. The standard InChI is InChI=1S/C24H24N4O3S/c1-17-6-4-7-18(14-17)23-25-26-24(28(23)19-9-11-20(30-3)12-10-19)32-16-22(29)27(2)15-21-8-5-13-31-21/h4-14H,15-16H2,1-3H3. The van der Waals surface area contributed by atoms with Crippen LogP contribution in [0.25, 0.3) is 17.1 Å². The normalized spacial score (nSPS) is 10.8. The minimum Gasteiger partial charge on any atom is -0.497 e. The Hall–Kier alpha value is -3.52. The molecule has 0 saturated carbocycles. The Morgan fingerprint density at radius 3 is 2.62 bits per heavy atom. The summed E-state index contributed by atoms with van der Waals surface area (Å²) in [5, 5.41) is 9.50. The molecular formula is C24H24N4O3S. The van der Waals surface area contributed by atoms with Gasteiger partial charge in [-0.2, -0.15) is 0 Å². The van der Waals surface area contributed by atoms with Gasteiger partial charge in [-0.1, -0.05) is 35.5 Å². The summed E-state index contributed by atoms with van der Waals surface area (Å²) in [5.74, 6) is 2.45. The third-order valence-corrected chi connectivity index (χ3v) is 5.88. The minimum atomic E-state index is -0.0206. The first-order valence-corrected chi connectivity index (χ1v) is 11.1. The van der Waals surface area contributed by atoms with Gasteiger partial charge in [0.2, 0.25) is 5.91 Å². The van der Waals surface area contributed by atoms with Gasteiger partial charge in [-0.05, 0) is 49.4 Å². The second-order valence-electron chi connectivity index (χ2n) is 7.33. The number of hydrogen-bond acceptors (Lipinski definition) is 6. The molecule has 0 atom stereocenters. The van der Waals surface area contributed by atoms with Gasteiger partial charge in [-0.25, -0.2) is 0 Å². The topological polar surface area (TPSA) is 73.4 Å². The highest BCUT2D eigenvalue weighted by Crippen LogP contribution is 2.29. The molecule has 0 radical (unpaired) electrons. The molecule has 2 heterocycles. The number of aryl methyl sites for hydroxylation is 1. The summed E-state index contributed by atoms with van der Waals surface area (Å²) < 4.78 is 12.6. The van der Waals surface area contributed by atoms with Crippen LogP contribution in [0.1, 0.15) is 11.3 Å². The molecule has 1 amide bonds. The molecule has 4 rings (SSSR count). The molecule has 0 bridgehead atoms. The Bertz CT molecular complexity index is 1190. The fourth-order valence-corrected chi connectivity index (χ4v) is 4.15. The zero-order valence-corrected chi connectivity index (χ0v) is 19.0. The van der Waals surface area contributed by atoms with E-state index in [-0.39, 0.29) is 11.7 Å². The van der Waals surface area contributed by atoms with E-state index in [1.807, 2.05) is 66.1 Å². The molecule has 0 spiro atoms. The number of furan rings is 1. The Morgan fingerprint density at radius 2 is 1.94 bits per heavy atom. The predicted molar refractivity (Wildman–Crippen MR) is 124 cm³/mol. The number of hydrogen-bond donors (Lipinski definition) is 0. The van der Waals surface area contributed by atoms with Gasteiger partial charge < -0.3 is 14.1 Å². The molecule has 32 heavy (non-hydrogen) atoms. The second kappa shape index (κ2) is 9.74. The van der Waals surface area contributed by atoms with Gasteiger partial charge in [0.05, 0.1) is 25.7 Å². The summed E-state index contributed by atoms with van der Waals surface area (Å²) in [4.78, 5) is 14.3. The van der Waals surface area contributed by atoms with Crippen molar-refractivity contribution in [2.24, 2.45) is 0 Å². The fourth-order valence-electron chi connectivity index (χ4n) is 3.26. The average Bonchev–Trinajstić information content (AvgIpc) is 3.47. The number of rotatable bonds is 8. The lowest BCUT2D eigenvalue weighted by molar-refractivity contribution is -0.127. The molecule has 164 valence electrons. The van der Waals surface area contributed by atoms with Crippen molar-refractivity contribution < 1.29 is 13.9 Å². The lowest BCUT2D eigenvalue weighted by Crippen LogP contribution is -2.27.